The van der Waals surface area contributed by atoms with Gasteiger partial charge in [-0.25, -0.2) is 4.39 Å². The third-order valence-electron chi connectivity index (χ3n) is 3.52. The van der Waals surface area contributed by atoms with Gasteiger partial charge in [-0.2, -0.15) is 0 Å². The van der Waals surface area contributed by atoms with Gasteiger partial charge in [0, 0.05) is 12.6 Å². The summed E-state index contributed by atoms with van der Waals surface area (Å²) in [7, 11) is 0. The van der Waals surface area contributed by atoms with Crippen LogP contribution in [0.1, 0.15) is 38.2 Å². The van der Waals surface area contributed by atoms with Crippen molar-refractivity contribution in [2.45, 2.75) is 45.2 Å². The first kappa shape index (κ1) is 13.0. The summed E-state index contributed by atoms with van der Waals surface area (Å²) >= 11 is 3.17. The second kappa shape index (κ2) is 5.96. The van der Waals surface area contributed by atoms with E-state index >= 15 is 0 Å². The molecular formula is C14H19BrFN. The third kappa shape index (κ3) is 3.78. The average Bonchev–Trinajstić information content (AvgIpc) is 2.31. The van der Waals surface area contributed by atoms with Gasteiger partial charge in [-0.15, -0.1) is 0 Å². The van der Waals surface area contributed by atoms with Gasteiger partial charge in [-0.05, 0) is 52.4 Å². The lowest BCUT2D eigenvalue weighted by atomic mass is 9.87. The molecule has 1 aliphatic carbocycles. The molecule has 0 heterocycles. The normalized spacial score (nSPS) is 24.9. The highest BCUT2D eigenvalue weighted by Gasteiger charge is 2.18. The van der Waals surface area contributed by atoms with E-state index in [-0.39, 0.29) is 5.82 Å². The Morgan fingerprint density at radius 1 is 1.41 bits per heavy atom. The lowest BCUT2D eigenvalue weighted by Crippen LogP contribution is -2.33. The zero-order valence-corrected chi connectivity index (χ0v) is 11.8. The topological polar surface area (TPSA) is 12.0 Å². The standard InChI is InChI=1S/C14H19BrFN/c1-10-3-2-4-12(7-10)17-9-11-5-6-13(15)14(16)8-11/h5-6,8,10,12,17H,2-4,7,9H2,1H3. The predicted octanol–water partition coefficient (Wildman–Crippen LogP) is 4.26. The van der Waals surface area contributed by atoms with Gasteiger partial charge in [-0.1, -0.05) is 25.8 Å². The summed E-state index contributed by atoms with van der Waals surface area (Å²) in [5, 5.41) is 3.53. The second-order valence-corrected chi connectivity index (χ2v) is 5.95. The van der Waals surface area contributed by atoms with Crippen LogP contribution in [0.25, 0.3) is 0 Å². The number of benzene rings is 1. The molecule has 3 heteroatoms. The highest BCUT2D eigenvalue weighted by molar-refractivity contribution is 9.10. The first-order chi connectivity index (χ1) is 8.15. The predicted molar refractivity (Wildman–Crippen MR) is 72.4 cm³/mol. The van der Waals surface area contributed by atoms with Gasteiger partial charge in [0.1, 0.15) is 5.82 Å². The van der Waals surface area contributed by atoms with Crippen molar-refractivity contribution in [2.24, 2.45) is 5.92 Å². The molecule has 0 saturated heterocycles. The maximum atomic E-state index is 13.3. The Morgan fingerprint density at radius 2 is 2.24 bits per heavy atom. The first-order valence-electron chi connectivity index (χ1n) is 6.32. The summed E-state index contributed by atoms with van der Waals surface area (Å²) in [4.78, 5) is 0. The first-order valence-corrected chi connectivity index (χ1v) is 7.12. The third-order valence-corrected chi connectivity index (χ3v) is 4.16. The van der Waals surface area contributed by atoms with E-state index in [9.17, 15) is 4.39 Å². The maximum absolute atomic E-state index is 13.3. The molecule has 0 amide bonds. The molecule has 1 fully saturated rings. The molecule has 0 radical (unpaired) electrons. The molecule has 0 spiro atoms. The number of rotatable bonds is 3. The molecule has 2 rings (SSSR count). The fraction of sp³-hybridized carbons (Fsp3) is 0.571. The van der Waals surface area contributed by atoms with E-state index in [1.54, 1.807) is 12.1 Å². The van der Waals surface area contributed by atoms with Crippen molar-refractivity contribution in [1.29, 1.82) is 0 Å². The number of hydrogen-bond acceptors (Lipinski definition) is 1. The average molecular weight is 300 g/mol. The van der Waals surface area contributed by atoms with E-state index in [0.29, 0.717) is 10.5 Å². The van der Waals surface area contributed by atoms with Crippen LogP contribution in [0.5, 0.6) is 0 Å². The fourth-order valence-corrected chi connectivity index (χ4v) is 2.78. The molecule has 0 aromatic heterocycles. The van der Waals surface area contributed by atoms with Crippen LogP contribution in [0, 0.1) is 11.7 Å². The van der Waals surface area contributed by atoms with Crippen molar-refractivity contribution in [3.63, 3.8) is 0 Å². The molecule has 2 unspecified atom stereocenters. The molecule has 94 valence electrons. The highest BCUT2D eigenvalue weighted by atomic mass is 79.9. The molecule has 0 bridgehead atoms. The Kier molecular flexibility index (Phi) is 4.57. The Hall–Kier alpha value is -0.410. The number of nitrogens with one attached hydrogen (secondary N) is 1. The lowest BCUT2D eigenvalue weighted by molar-refractivity contribution is 0.300. The molecule has 1 saturated carbocycles. The summed E-state index contributed by atoms with van der Waals surface area (Å²) in [5.41, 5.74) is 1.02. The molecule has 1 aromatic rings. The largest absolute Gasteiger partial charge is 0.310 e. The van der Waals surface area contributed by atoms with Gasteiger partial charge < -0.3 is 5.32 Å². The van der Waals surface area contributed by atoms with Crippen LogP contribution >= 0.6 is 15.9 Å². The highest BCUT2D eigenvalue weighted by Crippen LogP contribution is 2.24. The van der Waals surface area contributed by atoms with Crippen LogP contribution in [0.2, 0.25) is 0 Å². The van der Waals surface area contributed by atoms with Crippen molar-refractivity contribution >= 4 is 15.9 Å². The number of hydrogen-bond donors (Lipinski definition) is 1. The van der Waals surface area contributed by atoms with Crippen molar-refractivity contribution in [3.05, 3.63) is 34.1 Å². The summed E-state index contributed by atoms with van der Waals surface area (Å²) in [6, 6.07) is 5.94. The maximum Gasteiger partial charge on any atom is 0.137 e. The molecular weight excluding hydrogens is 281 g/mol. The van der Waals surface area contributed by atoms with Gasteiger partial charge in [0.05, 0.1) is 4.47 Å². The lowest BCUT2D eigenvalue weighted by Gasteiger charge is -2.27. The summed E-state index contributed by atoms with van der Waals surface area (Å²) in [5.74, 6) is 0.643. The van der Waals surface area contributed by atoms with Crippen LogP contribution in [-0.2, 0) is 6.54 Å². The van der Waals surface area contributed by atoms with Gasteiger partial charge in [0.25, 0.3) is 0 Å². The SMILES string of the molecule is CC1CCCC(NCc2ccc(Br)c(F)c2)C1. The summed E-state index contributed by atoms with van der Waals surface area (Å²) in [6.07, 6.45) is 5.17. The molecule has 1 nitrogen and oxygen atoms in total. The van der Waals surface area contributed by atoms with E-state index < -0.39 is 0 Å². The van der Waals surface area contributed by atoms with E-state index in [1.165, 1.54) is 25.7 Å². The smallest absolute Gasteiger partial charge is 0.137 e. The Morgan fingerprint density at radius 3 is 2.94 bits per heavy atom. The molecule has 1 aromatic carbocycles. The van der Waals surface area contributed by atoms with Crippen molar-refractivity contribution in [3.8, 4) is 0 Å². The van der Waals surface area contributed by atoms with Gasteiger partial charge in [0.2, 0.25) is 0 Å². The van der Waals surface area contributed by atoms with E-state index in [2.05, 4.69) is 28.2 Å². The van der Waals surface area contributed by atoms with Crippen molar-refractivity contribution in [2.75, 3.05) is 0 Å². The quantitative estimate of drug-likeness (QED) is 0.879. The molecule has 1 N–H and O–H groups in total. The molecule has 0 aliphatic heterocycles. The molecule has 2 atom stereocenters. The van der Waals surface area contributed by atoms with Crippen LogP contribution in [0.3, 0.4) is 0 Å². The van der Waals surface area contributed by atoms with Crippen molar-refractivity contribution in [1.82, 2.24) is 5.32 Å². The van der Waals surface area contributed by atoms with Crippen LogP contribution in [-0.4, -0.2) is 6.04 Å². The fourth-order valence-electron chi connectivity index (χ4n) is 2.53. The van der Waals surface area contributed by atoms with Crippen molar-refractivity contribution < 1.29 is 4.39 Å². The van der Waals surface area contributed by atoms with Crippen LogP contribution in [0.15, 0.2) is 22.7 Å². The van der Waals surface area contributed by atoms with E-state index in [4.69, 9.17) is 0 Å². The molecule has 1 aliphatic rings. The Balaban J connectivity index is 1.86. The summed E-state index contributed by atoms with van der Waals surface area (Å²) < 4.78 is 13.9. The zero-order valence-electron chi connectivity index (χ0n) is 10.2. The minimum atomic E-state index is -0.179. The van der Waals surface area contributed by atoms with E-state index in [1.807, 2.05) is 6.07 Å². The summed E-state index contributed by atoms with van der Waals surface area (Å²) in [6.45, 7) is 3.08. The minimum absolute atomic E-state index is 0.179. The Labute approximate surface area is 111 Å². The second-order valence-electron chi connectivity index (χ2n) is 5.10. The van der Waals surface area contributed by atoms with E-state index in [0.717, 1.165) is 18.0 Å². The van der Waals surface area contributed by atoms with Gasteiger partial charge in [0.15, 0.2) is 0 Å². The number of halogens is 2. The van der Waals surface area contributed by atoms with Crippen LogP contribution in [0.4, 0.5) is 4.39 Å². The monoisotopic (exact) mass is 299 g/mol. The van der Waals surface area contributed by atoms with Gasteiger partial charge in [-0.3, -0.25) is 0 Å². The van der Waals surface area contributed by atoms with Gasteiger partial charge >= 0.3 is 0 Å². The minimum Gasteiger partial charge on any atom is -0.310 e. The molecule has 17 heavy (non-hydrogen) atoms. The van der Waals surface area contributed by atoms with Crippen LogP contribution < -0.4 is 5.32 Å². The zero-order chi connectivity index (χ0) is 12.3. The Bertz CT molecular complexity index is 380.